The van der Waals surface area contributed by atoms with Crippen molar-refractivity contribution in [3.63, 3.8) is 0 Å². The first-order chi connectivity index (χ1) is 12.3. The lowest BCUT2D eigenvalue weighted by Crippen LogP contribution is -2.25. The van der Waals surface area contributed by atoms with Gasteiger partial charge in [-0.3, -0.25) is 0 Å². The Balaban J connectivity index is 2.06. The SMILES string of the molecule is COc1ccc(OC)c(C2=NN(S(C)(=O)=O)C(c3ccc(C)cc3)C2)c1. The van der Waals surface area contributed by atoms with Crippen LogP contribution in [0, 0.1) is 6.92 Å². The van der Waals surface area contributed by atoms with Crippen molar-refractivity contribution >= 4 is 15.7 Å². The summed E-state index contributed by atoms with van der Waals surface area (Å²) in [6.07, 6.45) is 1.63. The normalized spacial score (nSPS) is 17.2. The quantitative estimate of drug-likeness (QED) is 0.806. The van der Waals surface area contributed by atoms with Crippen LogP contribution >= 0.6 is 0 Å². The number of methoxy groups -OCH3 is 2. The van der Waals surface area contributed by atoms with E-state index < -0.39 is 10.0 Å². The number of rotatable bonds is 5. The molecule has 2 aromatic rings. The van der Waals surface area contributed by atoms with E-state index in [4.69, 9.17) is 9.47 Å². The van der Waals surface area contributed by atoms with Gasteiger partial charge in [0.05, 0.1) is 32.2 Å². The maximum Gasteiger partial charge on any atom is 0.247 e. The summed E-state index contributed by atoms with van der Waals surface area (Å²) in [5, 5.41) is 4.42. The van der Waals surface area contributed by atoms with Crippen molar-refractivity contribution in [1.29, 1.82) is 0 Å². The molecule has 1 unspecified atom stereocenters. The lowest BCUT2D eigenvalue weighted by Gasteiger charge is -2.21. The molecule has 3 rings (SSSR count). The van der Waals surface area contributed by atoms with Gasteiger partial charge in [-0.25, -0.2) is 8.42 Å². The van der Waals surface area contributed by atoms with E-state index in [1.165, 1.54) is 10.7 Å². The topological polar surface area (TPSA) is 68.2 Å². The molecule has 0 aliphatic carbocycles. The molecule has 0 saturated carbocycles. The minimum absolute atomic E-state index is 0.378. The molecule has 0 fully saturated rings. The Kier molecular flexibility index (Phi) is 4.91. The number of hydrogen-bond donors (Lipinski definition) is 0. The fourth-order valence-electron chi connectivity index (χ4n) is 3.03. The Hall–Kier alpha value is -2.54. The fourth-order valence-corrected chi connectivity index (χ4v) is 3.94. The molecule has 7 heteroatoms. The van der Waals surface area contributed by atoms with Crippen LogP contribution in [-0.4, -0.2) is 39.0 Å². The van der Waals surface area contributed by atoms with Crippen molar-refractivity contribution in [2.75, 3.05) is 20.5 Å². The van der Waals surface area contributed by atoms with Crippen molar-refractivity contribution in [2.45, 2.75) is 19.4 Å². The Morgan fingerprint density at radius 1 is 1.08 bits per heavy atom. The third-order valence-electron chi connectivity index (χ3n) is 4.39. The number of hydrazone groups is 1. The van der Waals surface area contributed by atoms with Gasteiger partial charge >= 0.3 is 0 Å². The molecule has 2 aromatic carbocycles. The highest BCUT2D eigenvalue weighted by molar-refractivity contribution is 7.88. The first-order valence-corrected chi connectivity index (χ1v) is 10.0. The summed E-state index contributed by atoms with van der Waals surface area (Å²) < 4.78 is 36.5. The van der Waals surface area contributed by atoms with Crippen molar-refractivity contribution in [2.24, 2.45) is 5.10 Å². The zero-order valence-electron chi connectivity index (χ0n) is 15.3. The van der Waals surface area contributed by atoms with Gasteiger partial charge in [-0.2, -0.15) is 9.52 Å². The molecule has 138 valence electrons. The van der Waals surface area contributed by atoms with Crippen LogP contribution < -0.4 is 9.47 Å². The van der Waals surface area contributed by atoms with E-state index in [0.717, 1.165) is 16.7 Å². The smallest absolute Gasteiger partial charge is 0.247 e. The average molecular weight is 374 g/mol. The van der Waals surface area contributed by atoms with Gasteiger partial charge in [-0.15, -0.1) is 0 Å². The second-order valence-electron chi connectivity index (χ2n) is 6.28. The molecule has 6 nitrogen and oxygen atoms in total. The highest BCUT2D eigenvalue weighted by Crippen LogP contribution is 2.37. The van der Waals surface area contributed by atoms with Gasteiger partial charge in [0.2, 0.25) is 10.0 Å². The number of aryl methyl sites for hydroxylation is 1. The van der Waals surface area contributed by atoms with E-state index in [0.29, 0.717) is 23.6 Å². The van der Waals surface area contributed by atoms with Crippen molar-refractivity contribution in [3.8, 4) is 11.5 Å². The molecular weight excluding hydrogens is 352 g/mol. The Morgan fingerprint density at radius 3 is 2.35 bits per heavy atom. The molecule has 26 heavy (non-hydrogen) atoms. The lowest BCUT2D eigenvalue weighted by atomic mass is 9.98. The molecule has 0 radical (unpaired) electrons. The van der Waals surface area contributed by atoms with Gasteiger partial charge < -0.3 is 9.47 Å². The van der Waals surface area contributed by atoms with E-state index >= 15 is 0 Å². The maximum absolute atomic E-state index is 12.3. The first-order valence-electron chi connectivity index (χ1n) is 8.19. The minimum Gasteiger partial charge on any atom is -0.497 e. The summed E-state index contributed by atoms with van der Waals surface area (Å²) in [4.78, 5) is 0. The lowest BCUT2D eigenvalue weighted by molar-refractivity contribution is 0.375. The summed E-state index contributed by atoms with van der Waals surface area (Å²) in [6.45, 7) is 2.00. The number of hydrogen-bond acceptors (Lipinski definition) is 5. The monoisotopic (exact) mass is 374 g/mol. The van der Waals surface area contributed by atoms with E-state index in [1.807, 2.05) is 37.3 Å². The van der Waals surface area contributed by atoms with Crippen LogP contribution in [0.4, 0.5) is 0 Å². The van der Waals surface area contributed by atoms with Gasteiger partial charge in [0.25, 0.3) is 0 Å². The molecule has 1 heterocycles. The second-order valence-corrected chi connectivity index (χ2v) is 8.12. The zero-order valence-corrected chi connectivity index (χ0v) is 16.1. The summed E-state index contributed by atoms with van der Waals surface area (Å²) in [6, 6.07) is 12.9. The third-order valence-corrected chi connectivity index (χ3v) is 5.41. The summed E-state index contributed by atoms with van der Waals surface area (Å²) >= 11 is 0. The molecule has 0 aromatic heterocycles. The number of benzene rings is 2. The van der Waals surface area contributed by atoms with Crippen LogP contribution in [0.2, 0.25) is 0 Å². The highest BCUT2D eigenvalue weighted by atomic mass is 32.2. The number of ether oxygens (including phenoxy) is 2. The molecule has 1 aliphatic heterocycles. The number of nitrogens with zero attached hydrogens (tertiary/aromatic N) is 2. The Bertz CT molecular complexity index is 937. The summed E-state index contributed by atoms with van der Waals surface area (Å²) in [7, 11) is -0.353. The largest absolute Gasteiger partial charge is 0.497 e. The average Bonchev–Trinajstić information content (AvgIpc) is 3.07. The molecule has 0 saturated heterocycles. The van der Waals surface area contributed by atoms with Crippen molar-refractivity contribution < 1.29 is 17.9 Å². The molecule has 1 aliphatic rings. The van der Waals surface area contributed by atoms with Gasteiger partial charge in [0, 0.05) is 12.0 Å². The Morgan fingerprint density at radius 2 is 1.77 bits per heavy atom. The molecule has 0 spiro atoms. The maximum atomic E-state index is 12.3. The van der Waals surface area contributed by atoms with Crippen LogP contribution in [0.5, 0.6) is 11.5 Å². The predicted molar refractivity (Wildman–Crippen MR) is 101 cm³/mol. The highest BCUT2D eigenvalue weighted by Gasteiger charge is 2.35. The van der Waals surface area contributed by atoms with Gasteiger partial charge in [0.1, 0.15) is 11.5 Å². The second kappa shape index (κ2) is 6.99. The molecular formula is C19H22N2O4S. The van der Waals surface area contributed by atoms with Crippen LogP contribution in [0.3, 0.4) is 0 Å². The van der Waals surface area contributed by atoms with Crippen LogP contribution in [0.15, 0.2) is 47.6 Å². The molecule has 1 atom stereocenters. The summed E-state index contributed by atoms with van der Waals surface area (Å²) in [5.41, 5.74) is 3.40. The number of sulfonamides is 1. The van der Waals surface area contributed by atoms with Gasteiger partial charge in [-0.05, 0) is 30.7 Å². The first kappa shape index (κ1) is 18.3. The van der Waals surface area contributed by atoms with Crippen LogP contribution in [0.1, 0.15) is 29.2 Å². The Labute approximate surface area is 154 Å². The minimum atomic E-state index is -3.51. The third kappa shape index (κ3) is 3.53. The summed E-state index contributed by atoms with van der Waals surface area (Å²) in [5.74, 6) is 1.29. The standard InChI is InChI=1S/C19H22N2O4S/c1-13-5-7-14(8-6-13)18-12-17(20-21(18)26(4,22)23)16-11-15(24-2)9-10-19(16)25-3/h5-11,18H,12H2,1-4H3. The van der Waals surface area contributed by atoms with Crippen LogP contribution in [-0.2, 0) is 10.0 Å². The zero-order chi connectivity index (χ0) is 18.9. The van der Waals surface area contributed by atoms with E-state index in [9.17, 15) is 8.42 Å². The van der Waals surface area contributed by atoms with Crippen LogP contribution in [0.25, 0.3) is 0 Å². The van der Waals surface area contributed by atoms with Crippen molar-refractivity contribution in [1.82, 2.24) is 4.41 Å². The molecule has 0 amide bonds. The van der Waals surface area contributed by atoms with Gasteiger partial charge in [0.15, 0.2) is 0 Å². The van der Waals surface area contributed by atoms with E-state index in [-0.39, 0.29) is 6.04 Å². The predicted octanol–water partition coefficient (Wildman–Crippen LogP) is 3.12. The van der Waals surface area contributed by atoms with E-state index in [1.54, 1.807) is 26.4 Å². The molecule has 0 bridgehead atoms. The fraction of sp³-hybridized carbons (Fsp3) is 0.316. The van der Waals surface area contributed by atoms with Gasteiger partial charge in [-0.1, -0.05) is 29.8 Å². The molecule has 0 N–H and O–H groups in total. The van der Waals surface area contributed by atoms with E-state index in [2.05, 4.69) is 5.10 Å². The van der Waals surface area contributed by atoms with Crippen molar-refractivity contribution in [3.05, 3.63) is 59.2 Å².